The van der Waals surface area contributed by atoms with Crippen LogP contribution in [0.4, 0.5) is 0 Å². The summed E-state index contributed by atoms with van der Waals surface area (Å²) >= 11 is 0. The summed E-state index contributed by atoms with van der Waals surface area (Å²) < 4.78 is 10.7. The van der Waals surface area contributed by atoms with Crippen LogP contribution in [-0.4, -0.2) is 36.1 Å². The SMILES string of the molecule is C[C@@]12CCO[C@@H]1[C@H](O)CO2. The summed E-state index contributed by atoms with van der Waals surface area (Å²) in [4.78, 5) is 0. The van der Waals surface area contributed by atoms with Crippen LogP contribution in [-0.2, 0) is 9.47 Å². The Morgan fingerprint density at radius 1 is 1.60 bits per heavy atom. The minimum absolute atomic E-state index is 0.0764. The zero-order valence-electron chi connectivity index (χ0n) is 6.04. The first-order valence-corrected chi connectivity index (χ1v) is 3.66. The molecule has 0 aromatic rings. The third-order valence-corrected chi connectivity index (χ3v) is 2.43. The molecule has 0 saturated carbocycles. The van der Waals surface area contributed by atoms with Crippen LogP contribution in [0.1, 0.15) is 13.3 Å². The molecule has 2 aliphatic rings. The molecule has 3 atom stereocenters. The molecule has 10 heavy (non-hydrogen) atoms. The van der Waals surface area contributed by atoms with E-state index < -0.39 is 6.10 Å². The molecule has 0 bridgehead atoms. The molecular weight excluding hydrogens is 132 g/mol. The van der Waals surface area contributed by atoms with Crippen molar-refractivity contribution in [1.82, 2.24) is 0 Å². The van der Waals surface area contributed by atoms with E-state index in [9.17, 15) is 5.11 Å². The average molecular weight is 144 g/mol. The van der Waals surface area contributed by atoms with E-state index in [1.165, 1.54) is 0 Å². The number of aliphatic hydroxyl groups excluding tert-OH is 1. The molecule has 1 N–H and O–H groups in total. The predicted molar refractivity (Wildman–Crippen MR) is 34.7 cm³/mol. The van der Waals surface area contributed by atoms with E-state index in [0.29, 0.717) is 6.61 Å². The summed E-state index contributed by atoms with van der Waals surface area (Å²) in [6.07, 6.45) is 0.425. The van der Waals surface area contributed by atoms with Gasteiger partial charge in [0.15, 0.2) is 0 Å². The van der Waals surface area contributed by atoms with Crippen molar-refractivity contribution in [2.45, 2.75) is 31.2 Å². The largest absolute Gasteiger partial charge is 0.388 e. The van der Waals surface area contributed by atoms with Gasteiger partial charge in [0.1, 0.15) is 12.2 Å². The normalized spacial score (nSPS) is 53.4. The third-order valence-electron chi connectivity index (χ3n) is 2.43. The fourth-order valence-electron chi connectivity index (χ4n) is 1.74. The molecule has 3 heteroatoms. The minimum atomic E-state index is -0.410. The Morgan fingerprint density at radius 2 is 2.40 bits per heavy atom. The van der Waals surface area contributed by atoms with Crippen molar-refractivity contribution in [2.24, 2.45) is 0 Å². The van der Waals surface area contributed by atoms with E-state index in [1.807, 2.05) is 6.92 Å². The zero-order valence-corrected chi connectivity index (χ0v) is 6.04. The van der Waals surface area contributed by atoms with E-state index in [-0.39, 0.29) is 11.7 Å². The highest BCUT2D eigenvalue weighted by Crippen LogP contribution is 2.36. The third kappa shape index (κ3) is 0.713. The molecular formula is C7H12O3. The van der Waals surface area contributed by atoms with Crippen molar-refractivity contribution in [3.8, 4) is 0 Å². The van der Waals surface area contributed by atoms with Crippen LogP contribution in [0, 0.1) is 0 Å². The second-order valence-corrected chi connectivity index (χ2v) is 3.23. The highest BCUT2D eigenvalue weighted by atomic mass is 16.6. The van der Waals surface area contributed by atoms with Crippen LogP contribution in [0.2, 0.25) is 0 Å². The van der Waals surface area contributed by atoms with Crippen LogP contribution < -0.4 is 0 Å². The summed E-state index contributed by atoms with van der Waals surface area (Å²) in [7, 11) is 0. The quantitative estimate of drug-likeness (QED) is 0.517. The van der Waals surface area contributed by atoms with Crippen LogP contribution in [0.3, 0.4) is 0 Å². The van der Waals surface area contributed by atoms with E-state index in [2.05, 4.69) is 0 Å². The van der Waals surface area contributed by atoms with Gasteiger partial charge < -0.3 is 14.6 Å². The van der Waals surface area contributed by atoms with Crippen molar-refractivity contribution in [2.75, 3.05) is 13.2 Å². The first kappa shape index (κ1) is 6.58. The van der Waals surface area contributed by atoms with E-state index in [0.717, 1.165) is 13.0 Å². The molecule has 0 amide bonds. The molecule has 0 spiro atoms. The maximum absolute atomic E-state index is 9.31. The van der Waals surface area contributed by atoms with Gasteiger partial charge in [-0.2, -0.15) is 0 Å². The van der Waals surface area contributed by atoms with Crippen LogP contribution >= 0.6 is 0 Å². The number of hydrogen-bond acceptors (Lipinski definition) is 3. The summed E-state index contributed by atoms with van der Waals surface area (Å²) in [6.45, 7) is 3.15. The maximum Gasteiger partial charge on any atom is 0.114 e. The van der Waals surface area contributed by atoms with Crippen molar-refractivity contribution < 1.29 is 14.6 Å². The highest BCUT2D eigenvalue weighted by Gasteiger charge is 2.50. The smallest absolute Gasteiger partial charge is 0.114 e. The van der Waals surface area contributed by atoms with E-state index >= 15 is 0 Å². The Hall–Kier alpha value is -0.120. The van der Waals surface area contributed by atoms with Crippen molar-refractivity contribution in [3.05, 3.63) is 0 Å². The van der Waals surface area contributed by atoms with E-state index in [1.54, 1.807) is 0 Å². The first-order valence-electron chi connectivity index (χ1n) is 3.66. The number of aliphatic hydroxyl groups is 1. The van der Waals surface area contributed by atoms with Gasteiger partial charge in [-0.05, 0) is 6.92 Å². The van der Waals surface area contributed by atoms with Crippen LogP contribution in [0.25, 0.3) is 0 Å². The lowest BCUT2D eigenvalue weighted by atomic mass is 9.98. The van der Waals surface area contributed by atoms with Crippen molar-refractivity contribution in [1.29, 1.82) is 0 Å². The van der Waals surface area contributed by atoms with Gasteiger partial charge in [-0.15, -0.1) is 0 Å². The molecule has 0 aromatic heterocycles. The molecule has 2 aliphatic heterocycles. The fourth-order valence-corrected chi connectivity index (χ4v) is 1.74. The number of ether oxygens (including phenoxy) is 2. The van der Waals surface area contributed by atoms with Crippen molar-refractivity contribution >= 4 is 0 Å². The molecule has 2 rings (SSSR count). The Kier molecular flexibility index (Phi) is 1.27. The molecule has 0 aromatic carbocycles. The summed E-state index contributed by atoms with van der Waals surface area (Å²) in [5.41, 5.74) is -0.195. The summed E-state index contributed by atoms with van der Waals surface area (Å²) in [6, 6.07) is 0. The summed E-state index contributed by atoms with van der Waals surface area (Å²) in [5, 5.41) is 9.31. The molecule has 2 heterocycles. The second kappa shape index (κ2) is 1.94. The lowest BCUT2D eigenvalue weighted by Gasteiger charge is -2.20. The Bertz CT molecular complexity index is 148. The maximum atomic E-state index is 9.31. The highest BCUT2D eigenvalue weighted by molar-refractivity contribution is 4.98. The molecule has 0 radical (unpaired) electrons. The van der Waals surface area contributed by atoms with E-state index in [4.69, 9.17) is 9.47 Å². The van der Waals surface area contributed by atoms with Gasteiger partial charge in [-0.25, -0.2) is 0 Å². The molecule has 0 aliphatic carbocycles. The Balaban J connectivity index is 2.19. The van der Waals surface area contributed by atoms with Gasteiger partial charge in [0.25, 0.3) is 0 Å². The van der Waals surface area contributed by atoms with Gasteiger partial charge in [0, 0.05) is 6.42 Å². The topological polar surface area (TPSA) is 38.7 Å². The average Bonchev–Trinajstić information content (AvgIpc) is 2.35. The monoisotopic (exact) mass is 144 g/mol. The first-order chi connectivity index (χ1) is 4.72. The lowest BCUT2D eigenvalue weighted by Crippen LogP contribution is -2.35. The molecule has 0 unspecified atom stereocenters. The fraction of sp³-hybridized carbons (Fsp3) is 1.00. The Morgan fingerprint density at radius 3 is 3.10 bits per heavy atom. The standard InChI is InChI=1S/C7H12O3/c1-7-2-3-9-6(7)5(8)4-10-7/h5-6,8H,2-4H2,1H3/t5-,6-,7-/m1/s1. The molecule has 58 valence electrons. The minimum Gasteiger partial charge on any atom is -0.388 e. The predicted octanol–water partition coefficient (Wildman–Crippen LogP) is -0.0749. The summed E-state index contributed by atoms with van der Waals surface area (Å²) in [5.74, 6) is 0. The second-order valence-electron chi connectivity index (χ2n) is 3.23. The van der Waals surface area contributed by atoms with Gasteiger partial charge in [0.05, 0.1) is 18.8 Å². The Labute approximate surface area is 59.9 Å². The van der Waals surface area contributed by atoms with Crippen molar-refractivity contribution in [3.63, 3.8) is 0 Å². The molecule has 2 fully saturated rings. The lowest BCUT2D eigenvalue weighted by molar-refractivity contribution is -0.0145. The molecule has 3 nitrogen and oxygen atoms in total. The zero-order chi connectivity index (χ0) is 7.19. The molecule has 2 saturated heterocycles. The van der Waals surface area contributed by atoms with Gasteiger partial charge in [-0.1, -0.05) is 0 Å². The number of fused-ring (bicyclic) bond motifs is 1. The number of hydrogen-bond donors (Lipinski definition) is 1. The number of rotatable bonds is 0. The van der Waals surface area contributed by atoms with Gasteiger partial charge in [0.2, 0.25) is 0 Å². The van der Waals surface area contributed by atoms with Gasteiger partial charge in [-0.3, -0.25) is 0 Å². The van der Waals surface area contributed by atoms with Crippen LogP contribution in [0.5, 0.6) is 0 Å². The van der Waals surface area contributed by atoms with Crippen LogP contribution in [0.15, 0.2) is 0 Å². The van der Waals surface area contributed by atoms with Gasteiger partial charge >= 0.3 is 0 Å².